The van der Waals surface area contributed by atoms with Crippen molar-refractivity contribution in [1.82, 2.24) is 20.8 Å². The minimum absolute atomic E-state index is 0.332. The van der Waals surface area contributed by atoms with Crippen LogP contribution in [0.25, 0.3) is 11.4 Å². The number of guanidine groups is 1. The third-order valence-corrected chi connectivity index (χ3v) is 4.42. The molecule has 0 fully saturated rings. The SMILES string of the molecule is CN=C(NCCc1nc(-c2ccc(Cl)cc2)no1)NCc1ccc(C(F)(F)F)cc1. The Kier molecular flexibility index (Phi) is 6.94. The molecule has 0 unspecified atom stereocenters. The van der Waals surface area contributed by atoms with Crippen molar-refractivity contribution in [3.8, 4) is 11.4 Å². The zero-order chi connectivity index (χ0) is 21.6. The minimum Gasteiger partial charge on any atom is -0.356 e. The second kappa shape index (κ2) is 9.62. The van der Waals surface area contributed by atoms with Gasteiger partial charge in [-0.25, -0.2) is 0 Å². The first-order valence-corrected chi connectivity index (χ1v) is 9.42. The van der Waals surface area contributed by atoms with Gasteiger partial charge in [-0.05, 0) is 42.0 Å². The molecule has 0 bridgehead atoms. The molecule has 0 saturated heterocycles. The van der Waals surface area contributed by atoms with E-state index in [1.54, 1.807) is 19.2 Å². The molecule has 2 N–H and O–H groups in total. The Hall–Kier alpha value is -3.07. The number of aliphatic imine (C=N–C) groups is 1. The topological polar surface area (TPSA) is 75.3 Å². The van der Waals surface area contributed by atoms with E-state index in [1.165, 1.54) is 12.1 Å². The van der Waals surface area contributed by atoms with Crippen LogP contribution in [0.5, 0.6) is 0 Å². The van der Waals surface area contributed by atoms with Crippen LogP contribution in [-0.2, 0) is 19.1 Å². The van der Waals surface area contributed by atoms with Gasteiger partial charge in [0.2, 0.25) is 11.7 Å². The van der Waals surface area contributed by atoms with Gasteiger partial charge < -0.3 is 15.2 Å². The van der Waals surface area contributed by atoms with Crippen molar-refractivity contribution in [2.45, 2.75) is 19.1 Å². The molecule has 0 aliphatic carbocycles. The fourth-order valence-electron chi connectivity index (χ4n) is 2.58. The number of rotatable bonds is 6. The summed E-state index contributed by atoms with van der Waals surface area (Å²) in [6, 6.07) is 12.1. The van der Waals surface area contributed by atoms with Gasteiger partial charge in [0.05, 0.1) is 5.56 Å². The van der Waals surface area contributed by atoms with Crippen LogP contribution in [0.2, 0.25) is 5.02 Å². The highest BCUT2D eigenvalue weighted by Gasteiger charge is 2.29. The molecule has 3 rings (SSSR count). The Morgan fingerprint density at radius 2 is 1.77 bits per heavy atom. The highest BCUT2D eigenvalue weighted by molar-refractivity contribution is 6.30. The van der Waals surface area contributed by atoms with E-state index in [0.717, 1.165) is 17.7 Å². The van der Waals surface area contributed by atoms with Gasteiger partial charge in [0, 0.05) is 37.1 Å². The number of hydrogen-bond donors (Lipinski definition) is 2. The van der Waals surface area contributed by atoms with Crippen molar-refractivity contribution in [1.29, 1.82) is 0 Å². The first kappa shape index (κ1) is 21.6. The molecular formula is C20H19ClF3N5O. The van der Waals surface area contributed by atoms with Crippen molar-refractivity contribution in [3.63, 3.8) is 0 Å². The monoisotopic (exact) mass is 437 g/mol. The van der Waals surface area contributed by atoms with Crippen LogP contribution in [0.15, 0.2) is 58.0 Å². The molecule has 2 aromatic carbocycles. The summed E-state index contributed by atoms with van der Waals surface area (Å²) >= 11 is 5.87. The van der Waals surface area contributed by atoms with E-state index < -0.39 is 11.7 Å². The average Bonchev–Trinajstić information content (AvgIpc) is 3.19. The number of benzene rings is 2. The number of nitrogens with one attached hydrogen (secondary N) is 2. The third-order valence-electron chi connectivity index (χ3n) is 4.17. The Balaban J connectivity index is 1.46. The normalized spacial score (nSPS) is 12.1. The highest BCUT2D eigenvalue weighted by Crippen LogP contribution is 2.29. The second-order valence-electron chi connectivity index (χ2n) is 6.32. The van der Waals surface area contributed by atoms with E-state index >= 15 is 0 Å². The van der Waals surface area contributed by atoms with E-state index in [-0.39, 0.29) is 0 Å². The number of halogens is 4. The summed E-state index contributed by atoms with van der Waals surface area (Å²) in [5, 5.41) is 10.7. The van der Waals surface area contributed by atoms with Crippen molar-refractivity contribution in [3.05, 3.63) is 70.6 Å². The van der Waals surface area contributed by atoms with E-state index in [9.17, 15) is 13.2 Å². The maximum atomic E-state index is 12.6. The molecule has 158 valence electrons. The van der Waals surface area contributed by atoms with Crippen LogP contribution in [0.1, 0.15) is 17.0 Å². The van der Waals surface area contributed by atoms with Gasteiger partial charge in [0.15, 0.2) is 5.96 Å². The molecule has 1 aromatic heterocycles. The van der Waals surface area contributed by atoms with Gasteiger partial charge >= 0.3 is 6.18 Å². The number of hydrogen-bond acceptors (Lipinski definition) is 4. The van der Waals surface area contributed by atoms with E-state index in [4.69, 9.17) is 16.1 Å². The summed E-state index contributed by atoms with van der Waals surface area (Å²) in [6.07, 6.45) is -3.87. The van der Waals surface area contributed by atoms with Crippen LogP contribution in [0, 0.1) is 0 Å². The quantitative estimate of drug-likeness (QED) is 0.444. The molecule has 0 radical (unpaired) electrons. The lowest BCUT2D eigenvalue weighted by atomic mass is 10.1. The van der Waals surface area contributed by atoms with Gasteiger partial charge in [-0.15, -0.1) is 0 Å². The molecule has 30 heavy (non-hydrogen) atoms. The molecule has 0 atom stereocenters. The fraction of sp³-hybridized carbons (Fsp3) is 0.250. The molecular weight excluding hydrogens is 419 g/mol. The van der Waals surface area contributed by atoms with Crippen molar-refractivity contribution in [2.75, 3.05) is 13.6 Å². The standard InChI is InChI=1S/C20H19ClF3N5O/c1-25-19(27-12-13-2-6-15(7-3-13)20(22,23)24)26-11-10-17-28-18(29-30-17)14-4-8-16(21)9-5-14/h2-9H,10-12H2,1H3,(H2,25,26,27). The van der Waals surface area contributed by atoms with Crippen molar-refractivity contribution < 1.29 is 17.7 Å². The number of alkyl halides is 3. The summed E-state index contributed by atoms with van der Waals surface area (Å²) < 4.78 is 43.1. The zero-order valence-electron chi connectivity index (χ0n) is 16.0. The number of nitrogens with zero attached hydrogens (tertiary/aromatic N) is 3. The first-order chi connectivity index (χ1) is 14.3. The minimum atomic E-state index is -4.34. The largest absolute Gasteiger partial charge is 0.416 e. The van der Waals surface area contributed by atoms with Crippen LogP contribution < -0.4 is 10.6 Å². The van der Waals surface area contributed by atoms with Crippen LogP contribution >= 0.6 is 11.6 Å². The Morgan fingerprint density at radius 1 is 1.07 bits per heavy atom. The van der Waals surface area contributed by atoms with Crippen molar-refractivity contribution in [2.24, 2.45) is 4.99 Å². The highest BCUT2D eigenvalue weighted by atomic mass is 35.5. The Morgan fingerprint density at radius 3 is 2.40 bits per heavy atom. The summed E-state index contributed by atoms with van der Waals surface area (Å²) in [6.45, 7) is 0.814. The van der Waals surface area contributed by atoms with Gasteiger partial charge in [-0.2, -0.15) is 18.2 Å². The third kappa shape index (κ3) is 5.96. The molecule has 10 heteroatoms. The molecule has 1 heterocycles. The van der Waals surface area contributed by atoms with E-state index in [2.05, 4.69) is 25.8 Å². The lowest BCUT2D eigenvalue weighted by Gasteiger charge is -2.12. The first-order valence-electron chi connectivity index (χ1n) is 9.04. The summed E-state index contributed by atoms with van der Waals surface area (Å²) in [5.74, 6) is 1.45. The molecule has 0 amide bonds. The van der Waals surface area contributed by atoms with Gasteiger partial charge in [0.1, 0.15) is 0 Å². The molecule has 0 aliphatic rings. The van der Waals surface area contributed by atoms with Gasteiger partial charge in [-0.3, -0.25) is 4.99 Å². The summed E-state index contributed by atoms with van der Waals surface area (Å²) in [7, 11) is 1.60. The molecule has 0 aliphatic heterocycles. The molecule has 6 nitrogen and oxygen atoms in total. The average molecular weight is 438 g/mol. The summed E-state index contributed by atoms with van der Waals surface area (Å²) in [5.41, 5.74) is 0.832. The Labute approximate surface area is 176 Å². The van der Waals surface area contributed by atoms with Gasteiger partial charge in [0.25, 0.3) is 0 Å². The Bertz CT molecular complexity index is 985. The maximum Gasteiger partial charge on any atom is 0.416 e. The van der Waals surface area contributed by atoms with E-state index in [0.29, 0.717) is 47.8 Å². The smallest absolute Gasteiger partial charge is 0.356 e. The van der Waals surface area contributed by atoms with Crippen LogP contribution in [0.3, 0.4) is 0 Å². The number of aromatic nitrogens is 2. The lowest BCUT2D eigenvalue weighted by Crippen LogP contribution is -2.37. The molecule has 0 spiro atoms. The molecule has 0 saturated carbocycles. The van der Waals surface area contributed by atoms with Gasteiger partial charge in [-0.1, -0.05) is 28.9 Å². The van der Waals surface area contributed by atoms with E-state index in [1.807, 2.05) is 12.1 Å². The predicted octanol–water partition coefficient (Wildman–Crippen LogP) is 4.32. The van der Waals surface area contributed by atoms with Crippen molar-refractivity contribution >= 4 is 17.6 Å². The predicted molar refractivity (Wildman–Crippen MR) is 108 cm³/mol. The summed E-state index contributed by atoms with van der Waals surface area (Å²) in [4.78, 5) is 8.43. The van der Waals surface area contributed by atoms with Crippen LogP contribution in [0.4, 0.5) is 13.2 Å². The zero-order valence-corrected chi connectivity index (χ0v) is 16.8. The molecule has 3 aromatic rings. The lowest BCUT2D eigenvalue weighted by molar-refractivity contribution is -0.137. The fourth-order valence-corrected chi connectivity index (χ4v) is 2.70. The second-order valence-corrected chi connectivity index (χ2v) is 6.75. The van der Waals surface area contributed by atoms with Crippen LogP contribution in [-0.4, -0.2) is 29.7 Å². The maximum absolute atomic E-state index is 12.6.